The highest BCUT2D eigenvalue weighted by Gasteiger charge is 2.05. The van der Waals surface area contributed by atoms with Crippen molar-refractivity contribution in [1.29, 1.82) is 0 Å². The molecular formula is C18H15N3O2. The predicted molar refractivity (Wildman–Crippen MR) is 89.8 cm³/mol. The van der Waals surface area contributed by atoms with Gasteiger partial charge in [0.05, 0.1) is 18.9 Å². The first-order valence-electron chi connectivity index (χ1n) is 7.09. The van der Waals surface area contributed by atoms with Gasteiger partial charge in [0.2, 0.25) is 0 Å². The molecule has 0 aliphatic carbocycles. The highest BCUT2D eigenvalue weighted by molar-refractivity contribution is 6.03. The van der Waals surface area contributed by atoms with Gasteiger partial charge in [0, 0.05) is 23.3 Å². The van der Waals surface area contributed by atoms with Gasteiger partial charge in [-0.05, 0) is 29.7 Å². The Bertz CT molecular complexity index is 861. The van der Waals surface area contributed by atoms with Gasteiger partial charge < -0.3 is 4.74 Å². The second-order valence-electron chi connectivity index (χ2n) is 4.84. The minimum atomic E-state index is -0.299. The topological polar surface area (TPSA) is 63.6 Å². The zero-order valence-corrected chi connectivity index (χ0v) is 12.6. The highest BCUT2D eigenvalue weighted by atomic mass is 16.5. The summed E-state index contributed by atoms with van der Waals surface area (Å²) >= 11 is 0. The summed E-state index contributed by atoms with van der Waals surface area (Å²) in [5.74, 6) is 0.504. The molecule has 0 fully saturated rings. The Morgan fingerprint density at radius 1 is 1.13 bits per heavy atom. The lowest BCUT2D eigenvalue weighted by Gasteiger charge is -2.07. The second-order valence-corrected chi connectivity index (χ2v) is 4.84. The van der Waals surface area contributed by atoms with E-state index in [9.17, 15) is 4.79 Å². The molecule has 1 heterocycles. The number of hydrogen-bond acceptors (Lipinski definition) is 4. The van der Waals surface area contributed by atoms with E-state index < -0.39 is 0 Å². The maximum absolute atomic E-state index is 11.9. The van der Waals surface area contributed by atoms with Crippen LogP contribution in [0.1, 0.15) is 15.9 Å². The first kappa shape index (κ1) is 14.7. The smallest absolute Gasteiger partial charge is 0.272 e. The number of carbonyl (C=O) groups excluding carboxylic acids is 1. The number of fused-ring (bicyclic) bond motifs is 1. The number of hydrogen-bond donors (Lipinski definition) is 1. The number of rotatable bonds is 4. The summed E-state index contributed by atoms with van der Waals surface area (Å²) in [4.78, 5) is 15.8. The van der Waals surface area contributed by atoms with Crippen molar-refractivity contribution in [3.8, 4) is 5.75 Å². The minimum absolute atomic E-state index is 0.299. The van der Waals surface area contributed by atoms with E-state index in [0.29, 0.717) is 5.56 Å². The molecule has 1 aromatic heterocycles. The monoisotopic (exact) mass is 305 g/mol. The molecule has 0 atom stereocenters. The lowest BCUT2D eigenvalue weighted by Crippen LogP contribution is -2.17. The summed E-state index contributed by atoms with van der Waals surface area (Å²) in [6.45, 7) is 0. The van der Waals surface area contributed by atoms with Crippen LogP contribution in [0.4, 0.5) is 0 Å². The predicted octanol–water partition coefficient (Wildman–Crippen LogP) is 3.01. The van der Waals surface area contributed by atoms with Crippen LogP contribution in [0.3, 0.4) is 0 Å². The third-order valence-corrected chi connectivity index (χ3v) is 3.43. The normalized spacial score (nSPS) is 10.8. The molecular weight excluding hydrogens is 290 g/mol. The third-order valence-electron chi connectivity index (χ3n) is 3.43. The third kappa shape index (κ3) is 3.18. The maximum atomic E-state index is 11.9. The number of hydrazone groups is 1. The van der Waals surface area contributed by atoms with E-state index in [4.69, 9.17) is 4.74 Å². The van der Waals surface area contributed by atoms with E-state index in [1.807, 2.05) is 36.4 Å². The van der Waals surface area contributed by atoms with Gasteiger partial charge in [0.15, 0.2) is 0 Å². The lowest BCUT2D eigenvalue weighted by atomic mass is 10.0. The summed E-state index contributed by atoms with van der Waals surface area (Å²) < 4.78 is 5.36. The Balaban J connectivity index is 1.83. The van der Waals surface area contributed by atoms with Crippen LogP contribution in [0.15, 0.2) is 66.0 Å². The molecule has 0 unspecified atom stereocenters. The lowest BCUT2D eigenvalue weighted by molar-refractivity contribution is 0.0955. The molecule has 1 N–H and O–H groups in total. The van der Waals surface area contributed by atoms with Crippen LogP contribution in [-0.2, 0) is 0 Å². The highest BCUT2D eigenvalue weighted by Crippen LogP contribution is 2.27. The van der Waals surface area contributed by atoms with Gasteiger partial charge in [0.25, 0.3) is 5.91 Å². The largest absolute Gasteiger partial charge is 0.496 e. The van der Waals surface area contributed by atoms with Crippen molar-refractivity contribution < 1.29 is 9.53 Å². The Morgan fingerprint density at radius 3 is 2.70 bits per heavy atom. The van der Waals surface area contributed by atoms with Crippen molar-refractivity contribution in [2.75, 3.05) is 7.11 Å². The Hall–Kier alpha value is -3.21. The zero-order valence-electron chi connectivity index (χ0n) is 12.6. The Labute approximate surface area is 133 Å². The minimum Gasteiger partial charge on any atom is -0.496 e. The van der Waals surface area contributed by atoms with Crippen molar-refractivity contribution in [1.82, 2.24) is 10.4 Å². The van der Waals surface area contributed by atoms with Gasteiger partial charge in [-0.15, -0.1) is 0 Å². The van der Waals surface area contributed by atoms with E-state index in [2.05, 4.69) is 15.5 Å². The standard InChI is InChI=1S/C18H15N3O2/c1-23-17-9-8-13(15-6-2-3-7-16(15)17)12-20-21-18(22)14-5-4-10-19-11-14/h2-12H,1H3,(H,21,22). The molecule has 0 saturated carbocycles. The molecule has 0 radical (unpaired) electrons. The molecule has 0 aliphatic heterocycles. The van der Waals surface area contributed by atoms with E-state index >= 15 is 0 Å². The van der Waals surface area contributed by atoms with Crippen LogP contribution in [-0.4, -0.2) is 24.2 Å². The van der Waals surface area contributed by atoms with Gasteiger partial charge in [-0.2, -0.15) is 5.10 Å². The first-order valence-corrected chi connectivity index (χ1v) is 7.09. The molecule has 2 aromatic carbocycles. The molecule has 1 amide bonds. The average Bonchev–Trinajstić information content (AvgIpc) is 2.62. The summed E-state index contributed by atoms with van der Waals surface area (Å²) in [7, 11) is 1.64. The number of benzene rings is 2. The molecule has 5 nitrogen and oxygen atoms in total. The number of methoxy groups -OCH3 is 1. The van der Waals surface area contributed by atoms with E-state index in [-0.39, 0.29) is 5.91 Å². The van der Waals surface area contributed by atoms with Crippen molar-refractivity contribution in [2.24, 2.45) is 5.10 Å². The molecule has 114 valence electrons. The SMILES string of the molecule is COc1ccc(C=NNC(=O)c2cccnc2)c2ccccc12. The summed E-state index contributed by atoms with van der Waals surface area (Å²) in [6.07, 6.45) is 4.73. The summed E-state index contributed by atoms with van der Waals surface area (Å²) in [5.41, 5.74) is 3.86. The van der Waals surface area contributed by atoms with Gasteiger partial charge in [-0.25, -0.2) is 5.43 Å². The van der Waals surface area contributed by atoms with E-state index in [0.717, 1.165) is 22.1 Å². The zero-order chi connectivity index (χ0) is 16.1. The quantitative estimate of drug-likeness (QED) is 0.595. The van der Waals surface area contributed by atoms with Crippen molar-refractivity contribution in [2.45, 2.75) is 0 Å². The molecule has 23 heavy (non-hydrogen) atoms. The van der Waals surface area contributed by atoms with Crippen molar-refractivity contribution in [3.05, 3.63) is 72.1 Å². The number of carbonyl (C=O) groups is 1. The Kier molecular flexibility index (Phi) is 4.29. The van der Waals surface area contributed by atoms with Crippen LogP contribution in [0.5, 0.6) is 5.75 Å². The molecule has 0 spiro atoms. The van der Waals surface area contributed by atoms with Gasteiger partial charge in [-0.1, -0.05) is 24.3 Å². The van der Waals surface area contributed by atoms with E-state index in [1.165, 1.54) is 6.20 Å². The van der Waals surface area contributed by atoms with Crippen molar-refractivity contribution >= 4 is 22.9 Å². The number of ether oxygens (including phenoxy) is 1. The van der Waals surface area contributed by atoms with Crippen LogP contribution in [0, 0.1) is 0 Å². The fourth-order valence-electron chi connectivity index (χ4n) is 2.31. The fourth-order valence-corrected chi connectivity index (χ4v) is 2.31. The van der Waals surface area contributed by atoms with E-state index in [1.54, 1.807) is 31.7 Å². The molecule has 3 rings (SSSR count). The van der Waals surface area contributed by atoms with Crippen molar-refractivity contribution in [3.63, 3.8) is 0 Å². The number of pyridine rings is 1. The fraction of sp³-hybridized carbons (Fsp3) is 0.0556. The Morgan fingerprint density at radius 2 is 1.96 bits per heavy atom. The molecule has 0 bridgehead atoms. The number of nitrogens with one attached hydrogen (secondary N) is 1. The average molecular weight is 305 g/mol. The van der Waals surface area contributed by atoms with Crippen LogP contribution in [0.25, 0.3) is 10.8 Å². The molecule has 5 heteroatoms. The van der Waals surface area contributed by atoms with Crippen LogP contribution >= 0.6 is 0 Å². The van der Waals surface area contributed by atoms with Crippen LogP contribution in [0.2, 0.25) is 0 Å². The summed E-state index contributed by atoms with van der Waals surface area (Å²) in [6, 6.07) is 15.1. The summed E-state index contributed by atoms with van der Waals surface area (Å²) in [5, 5.41) is 6.03. The molecule has 3 aromatic rings. The van der Waals surface area contributed by atoms with Crippen LogP contribution < -0.4 is 10.2 Å². The number of amides is 1. The van der Waals surface area contributed by atoms with Gasteiger partial charge >= 0.3 is 0 Å². The van der Waals surface area contributed by atoms with Gasteiger partial charge in [-0.3, -0.25) is 9.78 Å². The van der Waals surface area contributed by atoms with Gasteiger partial charge in [0.1, 0.15) is 5.75 Å². The second kappa shape index (κ2) is 6.70. The molecule has 0 saturated heterocycles. The number of aromatic nitrogens is 1. The first-order chi connectivity index (χ1) is 11.3. The molecule has 0 aliphatic rings. The number of nitrogens with zero attached hydrogens (tertiary/aromatic N) is 2. The maximum Gasteiger partial charge on any atom is 0.272 e.